The van der Waals surface area contributed by atoms with E-state index in [0.29, 0.717) is 64.3 Å². The van der Waals surface area contributed by atoms with E-state index in [1.807, 2.05) is 48.2 Å². The summed E-state index contributed by atoms with van der Waals surface area (Å²) in [5, 5.41) is 6.51. The molecule has 1 aliphatic heterocycles. The molecule has 0 aliphatic carbocycles. The van der Waals surface area contributed by atoms with Crippen LogP contribution in [-0.4, -0.2) is 59.1 Å². The number of morpholine rings is 1. The Hall–Kier alpha value is -2.11. The van der Waals surface area contributed by atoms with E-state index in [1.54, 1.807) is 13.2 Å². The van der Waals surface area contributed by atoms with Crippen molar-refractivity contribution in [2.75, 3.05) is 63.4 Å². The fraction of sp³-hybridized carbons (Fsp3) is 0.458. The highest BCUT2D eigenvalue weighted by molar-refractivity contribution is 14.0. The fourth-order valence-electron chi connectivity index (χ4n) is 3.38. The predicted octanol–water partition coefficient (Wildman–Crippen LogP) is 4.27. The van der Waals surface area contributed by atoms with Crippen LogP contribution in [0.2, 0.25) is 0 Å². The molecule has 0 radical (unpaired) electrons. The maximum Gasteiger partial charge on any atom is 0.196 e. The van der Waals surface area contributed by atoms with Crippen LogP contribution in [0, 0.1) is 5.82 Å². The van der Waals surface area contributed by atoms with E-state index in [9.17, 15) is 4.39 Å². The van der Waals surface area contributed by atoms with Crippen molar-refractivity contribution < 1.29 is 18.6 Å². The molecule has 0 saturated carbocycles. The van der Waals surface area contributed by atoms with Crippen LogP contribution < -0.4 is 20.3 Å². The van der Waals surface area contributed by atoms with E-state index in [-0.39, 0.29) is 29.8 Å². The summed E-state index contributed by atoms with van der Waals surface area (Å²) >= 11 is 0. The Kier molecular flexibility index (Phi) is 12.3. The summed E-state index contributed by atoms with van der Waals surface area (Å²) < 4.78 is 30.8. The van der Waals surface area contributed by atoms with Gasteiger partial charge < -0.3 is 29.7 Å². The van der Waals surface area contributed by atoms with Crippen molar-refractivity contribution in [3.05, 3.63) is 53.8 Å². The van der Waals surface area contributed by atoms with Gasteiger partial charge in [0.15, 0.2) is 5.96 Å². The monoisotopic (exact) mass is 572 g/mol. The summed E-state index contributed by atoms with van der Waals surface area (Å²) in [7, 11) is 1.68. The van der Waals surface area contributed by atoms with Gasteiger partial charge in [0.05, 0.1) is 32.1 Å². The molecule has 182 valence electrons. The lowest BCUT2D eigenvalue weighted by molar-refractivity contribution is 0.122. The lowest BCUT2D eigenvalue weighted by Crippen LogP contribution is -2.36. The molecule has 1 fully saturated rings. The number of ether oxygens (including phenoxy) is 3. The molecular formula is C24H34FIN4O3. The molecule has 1 aliphatic rings. The minimum Gasteiger partial charge on any atom is -0.493 e. The van der Waals surface area contributed by atoms with E-state index < -0.39 is 0 Å². The van der Waals surface area contributed by atoms with Crippen LogP contribution >= 0.6 is 24.0 Å². The van der Waals surface area contributed by atoms with Gasteiger partial charge in [-0.2, -0.15) is 0 Å². The molecule has 2 aromatic rings. The van der Waals surface area contributed by atoms with Crippen LogP contribution in [0.3, 0.4) is 0 Å². The highest BCUT2D eigenvalue weighted by Crippen LogP contribution is 2.22. The Balaban J connectivity index is 0.00000385. The number of nitrogens with one attached hydrogen (secondary N) is 2. The van der Waals surface area contributed by atoms with Crippen molar-refractivity contribution in [1.29, 1.82) is 0 Å². The Morgan fingerprint density at radius 2 is 1.97 bits per heavy atom. The van der Waals surface area contributed by atoms with Gasteiger partial charge in [0, 0.05) is 51.5 Å². The number of methoxy groups -OCH3 is 1. The third kappa shape index (κ3) is 8.98. The number of rotatable bonds is 10. The molecule has 0 unspecified atom stereocenters. The molecule has 9 heteroatoms. The molecule has 3 rings (SSSR count). The van der Waals surface area contributed by atoms with Crippen LogP contribution in [0.5, 0.6) is 5.75 Å². The molecule has 0 bridgehead atoms. The Bertz CT molecular complexity index is 879. The highest BCUT2D eigenvalue weighted by Gasteiger charge is 2.15. The Morgan fingerprint density at radius 3 is 2.70 bits per heavy atom. The van der Waals surface area contributed by atoms with E-state index >= 15 is 0 Å². The number of nitrogens with zero attached hydrogens (tertiary/aromatic N) is 2. The van der Waals surface area contributed by atoms with E-state index in [2.05, 4.69) is 15.6 Å². The molecular weight excluding hydrogens is 538 g/mol. The van der Waals surface area contributed by atoms with Gasteiger partial charge in [-0.1, -0.05) is 12.1 Å². The number of hydrogen-bond donors (Lipinski definition) is 2. The first kappa shape index (κ1) is 27.1. The zero-order chi connectivity index (χ0) is 22.6. The number of hydrogen-bond acceptors (Lipinski definition) is 5. The predicted molar refractivity (Wildman–Crippen MR) is 142 cm³/mol. The second-order valence-corrected chi connectivity index (χ2v) is 7.43. The van der Waals surface area contributed by atoms with Gasteiger partial charge in [-0.05, 0) is 36.8 Å². The smallest absolute Gasteiger partial charge is 0.196 e. The summed E-state index contributed by atoms with van der Waals surface area (Å²) in [6.45, 7) is 7.01. The summed E-state index contributed by atoms with van der Waals surface area (Å²) in [6, 6.07) is 13.0. The summed E-state index contributed by atoms with van der Waals surface area (Å²) in [6.07, 6.45) is 0.832. The molecule has 33 heavy (non-hydrogen) atoms. The van der Waals surface area contributed by atoms with Crippen molar-refractivity contribution in [3.8, 4) is 5.75 Å². The molecule has 0 amide bonds. The molecule has 0 spiro atoms. The van der Waals surface area contributed by atoms with Crippen LogP contribution in [0.1, 0.15) is 18.9 Å². The normalized spacial score (nSPS) is 13.9. The van der Waals surface area contributed by atoms with E-state index in [4.69, 9.17) is 14.2 Å². The Morgan fingerprint density at radius 1 is 1.15 bits per heavy atom. The zero-order valence-electron chi connectivity index (χ0n) is 19.3. The third-order valence-corrected chi connectivity index (χ3v) is 4.99. The van der Waals surface area contributed by atoms with Crippen LogP contribution in [0.4, 0.5) is 15.8 Å². The van der Waals surface area contributed by atoms with E-state index in [0.717, 1.165) is 23.4 Å². The first-order valence-corrected chi connectivity index (χ1v) is 11.1. The van der Waals surface area contributed by atoms with Crippen molar-refractivity contribution in [2.45, 2.75) is 19.9 Å². The fourth-order valence-corrected chi connectivity index (χ4v) is 3.38. The molecule has 0 aromatic heterocycles. The minimum absolute atomic E-state index is 0. The minimum atomic E-state index is -0.226. The van der Waals surface area contributed by atoms with Crippen molar-refractivity contribution >= 4 is 41.3 Å². The maximum absolute atomic E-state index is 14.7. The summed E-state index contributed by atoms with van der Waals surface area (Å²) in [5.74, 6) is 1.18. The number of guanidine groups is 1. The lowest BCUT2D eigenvalue weighted by atomic mass is 10.1. The maximum atomic E-state index is 14.7. The SMILES string of the molecule is CCNC(=NCc1ccc(N2CCOCC2)c(F)c1)Nc1cccc(OCCCOC)c1.I. The highest BCUT2D eigenvalue weighted by atomic mass is 127. The number of aliphatic imine (C=N–C) groups is 1. The second-order valence-electron chi connectivity index (χ2n) is 7.43. The molecule has 2 N–H and O–H groups in total. The number of benzene rings is 2. The lowest BCUT2D eigenvalue weighted by Gasteiger charge is -2.29. The largest absolute Gasteiger partial charge is 0.493 e. The van der Waals surface area contributed by atoms with Crippen LogP contribution in [0.25, 0.3) is 0 Å². The first-order chi connectivity index (χ1) is 15.7. The molecule has 7 nitrogen and oxygen atoms in total. The van der Waals surface area contributed by atoms with Gasteiger partial charge in [-0.15, -0.1) is 24.0 Å². The van der Waals surface area contributed by atoms with E-state index in [1.165, 1.54) is 0 Å². The van der Waals surface area contributed by atoms with Crippen LogP contribution in [0.15, 0.2) is 47.5 Å². The molecule has 0 atom stereocenters. The average molecular weight is 572 g/mol. The number of anilines is 2. The number of halogens is 2. The van der Waals surface area contributed by atoms with Gasteiger partial charge in [0.25, 0.3) is 0 Å². The standard InChI is InChI=1S/C24H33FN4O3.HI/c1-3-26-24(28-20-6-4-7-21(17-20)32-13-5-12-30-2)27-18-19-8-9-23(22(25)16-19)29-10-14-31-15-11-29;/h4,6-9,16-17H,3,5,10-15,18H2,1-2H3,(H2,26,27,28);1H. The zero-order valence-corrected chi connectivity index (χ0v) is 21.6. The van der Waals surface area contributed by atoms with Gasteiger partial charge in [-0.3, -0.25) is 0 Å². The molecule has 1 heterocycles. The van der Waals surface area contributed by atoms with Gasteiger partial charge in [0.1, 0.15) is 11.6 Å². The Labute approximate surface area is 212 Å². The van der Waals surface area contributed by atoms with Gasteiger partial charge in [-0.25, -0.2) is 9.38 Å². The second kappa shape index (κ2) is 14.9. The summed E-state index contributed by atoms with van der Waals surface area (Å²) in [5.41, 5.74) is 2.29. The van der Waals surface area contributed by atoms with Crippen molar-refractivity contribution in [3.63, 3.8) is 0 Å². The van der Waals surface area contributed by atoms with Gasteiger partial charge >= 0.3 is 0 Å². The van der Waals surface area contributed by atoms with Crippen molar-refractivity contribution in [2.24, 2.45) is 4.99 Å². The van der Waals surface area contributed by atoms with Crippen LogP contribution in [-0.2, 0) is 16.0 Å². The topological polar surface area (TPSA) is 67.4 Å². The quantitative estimate of drug-likeness (QED) is 0.192. The summed E-state index contributed by atoms with van der Waals surface area (Å²) in [4.78, 5) is 6.63. The third-order valence-electron chi connectivity index (χ3n) is 4.99. The molecule has 2 aromatic carbocycles. The van der Waals surface area contributed by atoms with Crippen molar-refractivity contribution in [1.82, 2.24) is 5.32 Å². The average Bonchev–Trinajstić information content (AvgIpc) is 2.81. The first-order valence-electron chi connectivity index (χ1n) is 11.1. The van der Waals surface area contributed by atoms with Gasteiger partial charge in [0.2, 0.25) is 0 Å². The molecule has 1 saturated heterocycles.